The number of hydrogen-bond acceptors (Lipinski definition) is 18. The minimum Gasteiger partial charge on any atom is -0.504 e. The van der Waals surface area contributed by atoms with Crippen molar-refractivity contribution in [3.63, 3.8) is 0 Å². The Kier molecular flexibility index (Phi) is 9.47. The highest BCUT2D eigenvalue weighted by molar-refractivity contribution is 5.95. The van der Waals surface area contributed by atoms with Crippen molar-refractivity contribution in [2.75, 3.05) is 20.3 Å². The predicted molar refractivity (Wildman–Crippen MR) is 148 cm³/mol. The summed E-state index contributed by atoms with van der Waals surface area (Å²) >= 11 is 0. The lowest BCUT2D eigenvalue weighted by molar-refractivity contribution is -0.279. The van der Waals surface area contributed by atoms with Gasteiger partial charge in [0.1, 0.15) is 60.0 Å². The highest BCUT2D eigenvalue weighted by Gasteiger charge is 2.47. The molecule has 0 aliphatic carbocycles. The third kappa shape index (κ3) is 5.75. The van der Waals surface area contributed by atoms with Crippen molar-refractivity contribution in [1.82, 2.24) is 0 Å². The van der Waals surface area contributed by atoms with Crippen LogP contribution in [0.5, 0.6) is 34.5 Å². The van der Waals surface area contributed by atoms with Gasteiger partial charge in [0, 0.05) is 11.6 Å². The summed E-state index contributed by atoms with van der Waals surface area (Å²) in [6, 6.07) is 4.83. The lowest BCUT2D eigenvalue weighted by Gasteiger charge is -2.40. The van der Waals surface area contributed by atoms with Crippen LogP contribution in [-0.2, 0) is 9.47 Å². The summed E-state index contributed by atoms with van der Waals surface area (Å²) in [7, 11) is 1.31. The van der Waals surface area contributed by atoms with Gasteiger partial charge in [0.25, 0.3) is 0 Å². The van der Waals surface area contributed by atoms with Crippen LogP contribution in [0.25, 0.3) is 22.3 Å². The minimum atomic E-state index is -2.02. The van der Waals surface area contributed by atoms with E-state index in [1.807, 2.05) is 0 Å². The van der Waals surface area contributed by atoms with E-state index in [0.717, 1.165) is 6.07 Å². The van der Waals surface area contributed by atoms with E-state index in [1.165, 1.54) is 25.3 Å². The molecule has 0 unspecified atom stereocenters. The number of aliphatic hydroxyl groups excluding tert-OH is 8. The van der Waals surface area contributed by atoms with Crippen molar-refractivity contribution in [2.45, 2.75) is 61.4 Å². The molecule has 3 heterocycles. The van der Waals surface area contributed by atoms with E-state index in [9.17, 15) is 61.0 Å². The molecular weight excluding hydrogens is 624 g/mol. The van der Waals surface area contributed by atoms with Crippen molar-refractivity contribution in [1.29, 1.82) is 0 Å². The molecule has 2 aromatic carbocycles. The zero-order valence-electron chi connectivity index (χ0n) is 23.8. The Hall–Kier alpha value is -3.95. The molecule has 0 bridgehead atoms. The average Bonchev–Trinajstić information content (AvgIpc) is 3.04. The molecule has 5 rings (SSSR count). The van der Waals surface area contributed by atoms with Crippen LogP contribution >= 0.6 is 0 Å². The molecular formula is C28H32O18. The normalized spacial score (nSPS) is 31.5. The number of ether oxygens (including phenoxy) is 5. The van der Waals surface area contributed by atoms with Crippen LogP contribution in [-0.4, -0.2) is 138 Å². The van der Waals surface area contributed by atoms with E-state index < -0.39 is 114 Å². The van der Waals surface area contributed by atoms with Crippen molar-refractivity contribution in [3.8, 4) is 45.8 Å². The van der Waals surface area contributed by atoms with E-state index in [4.69, 9.17) is 28.1 Å². The summed E-state index contributed by atoms with van der Waals surface area (Å²) in [5, 5.41) is 113. The summed E-state index contributed by atoms with van der Waals surface area (Å²) < 4.78 is 32.5. The summed E-state index contributed by atoms with van der Waals surface area (Å²) in [4.78, 5) is 13.4. The van der Waals surface area contributed by atoms with Crippen molar-refractivity contribution in [3.05, 3.63) is 34.5 Å². The van der Waals surface area contributed by atoms with Gasteiger partial charge in [-0.1, -0.05) is 0 Å². The number of rotatable bonds is 8. The molecule has 10 atom stereocenters. The molecule has 11 N–H and O–H groups in total. The Morgan fingerprint density at radius 3 is 1.76 bits per heavy atom. The van der Waals surface area contributed by atoms with E-state index in [0.29, 0.717) is 0 Å². The molecule has 0 amide bonds. The lowest BCUT2D eigenvalue weighted by atomic mass is 9.99. The van der Waals surface area contributed by atoms with Gasteiger partial charge >= 0.3 is 0 Å². The fourth-order valence-corrected chi connectivity index (χ4v) is 5.08. The van der Waals surface area contributed by atoms with Crippen LogP contribution < -0.4 is 19.6 Å². The first kappa shape index (κ1) is 33.4. The smallest absolute Gasteiger partial charge is 0.229 e. The second-order valence-corrected chi connectivity index (χ2v) is 10.6. The highest BCUT2D eigenvalue weighted by atomic mass is 16.7. The Balaban J connectivity index is 1.68. The van der Waals surface area contributed by atoms with Crippen LogP contribution in [0.3, 0.4) is 0 Å². The number of fused-ring (bicyclic) bond motifs is 1. The third-order valence-electron chi connectivity index (χ3n) is 7.66. The number of hydrogen-bond donors (Lipinski definition) is 11. The fourth-order valence-electron chi connectivity index (χ4n) is 5.08. The Morgan fingerprint density at radius 2 is 1.26 bits per heavy atom. The van der Waals surface area contributed by atoms with Crippen LogP contribution in [0.15, 0.2) is 33.5 Å². The lowest BCUT2D eigenvalue weighted by Crippen LogP contribution is -2.60. The first-order chi connectivity index (χ1) is 21.8. The molecule has 2 aliphatic heterocycles. The largest absolute Gasteiger partial charge is 0.504 e. The molecule has 2 saturated heterocycles. The molecule has 18 nitrogen and oxygen atoms in total. The van der Waals surface area contributed by atoms with Crippen LogP contribution in [0.1, 0.15) is 0 Å². The van der Waals surface area contributed by atoms with Gasteiger partial charge in [-0.25, -0.2) is 0 Å². The van der Waals surface area contributed by atoms with E-state index in [2.05, 4.69) is 0 Å². The standard InChI is InChI=1S/C28H32O18/c1-41-11-3-2-8(4-9(11)31)12-5-10(32)15-18(35)25(45-27-21(38)19(36)16(33)13(6-29)43-27)23(40)26(24(15)42-12)46-28-22(39)20(37)17(34)14(7-30)44-28/h2-5,13-14,16-17,19-22,27-31,33-40H,6-7H2,1H3/t13-,14-,16-,17-,19+,20+,21-,22-,27+,28+/m1/s1. The van der Waals surface area contributed by atoms with Crippen LogP contribution in [0, 0.1) is 0 Å². The number of phenols is 3. The summed E-state index contributed by atoms with van der Waals surface area (Å²) in [6.07, 6.45) is -18.4. The van der Waals surface area contributed by atoms with Gasteiger partial charge < -0.3 is 84.3 Å². The third-order valence-corrected chi connectivity index (χ3v) is 7.66. The highest BCUT2D eigenvalue weighted by Crippen LogP contribution is 2.51. The minimum absolute atomic E-state index is 0.0869. The zero-order chi connectivity index (χ0) is 33.6. The predicted octanol–water partition coefficient (Wildman–Crippen LogP) is -3.06. The molecule has 18 heteroatoms. The maximum Gasteiger partial charge on any atom is 0.229 e. The number of methoxy groups -OCH3 is 1. The Bertz CT molecular complexity index is 1620. The first-order valence-electron chi connectivity index (χ1n) is 13.7. The summed E-state index contributed by atoms with van der Waals surface area (Å²) in [6.45, 7) is -1.70. The SMILES string of the molecule is COc1ccc(-c2cc(=O)c3c(O)c(O[C@@H]4O[C@H](CO)[C@@H](O)[C@H](O)[C@H]4O)c(O)c(O[C@@H]4O[C@H](CO)[C@@H](O)[C@H](O)[C@H]4O)c3o2)cc1O. The molecule has 46 heavy (non-hydrogen) atoms. The number of aromatic hydroxyl groups is 3. The topological polar surface area (TPSA) is 299 Å². The van der Waals surface area contributed by atoms with Crippen LogP contribution in [0.2, 0.25) is 0 Å². The molecule has 0 radical (unpaired) electrons. The van der Waals surface area contributed by atoms with Gasteiger partial charge in [0.05, 0.1) is 20.3 Å². The van der Waals surface area contributed by atoms with E-state index in [-0.39, 0.29) is 22.8 Å². The van der Waals surface area contributed by atoms with Crippen LogP contribution in [0.4, 0.5) is 0 Å². The Labute approximate surface area is 257 Å². The van der Waals surface area contributed by atoms with Gasteiger partial charge in [-0.2, -0.15) is 0 Å². The number of phenolic OH excluding ortho intramolecular Hbond substituents is 3. The second-order valence-electron chi connectivity index (χ2n) is 10.6. The number of aliphatic hydroxyl groups is 8. The van der Waals surface area contributed by atoms with Gasteiger partial charge in [-0.15, -0.1) is 0 Å². The molecule has 0 saturated carbocycles. The van der Waals surface area contributed by atoms with Gasteiger partial charge in [0.2, 0.25) is 29.8 Å². The molecule has 2 fully saturated rings. The maximum atomic E-state index is 13.4. The maximum absolute atomic E-state index is 13.4. The number of benzene rings is 2. The fraction of sp³-hybridized carbons (Fsp3) is 0.464. The molecule has 0 spiro atoms. The molecule has 3 aromatic rings. The average molecular weight is 657 g/mol. The van der Waals surface area contributed by atoms with Gasteiger partial charge in [0.15, 0.2) is 28.3 Å². The molecule has 252 valence electrons. The van der Waals surface area contributed by atoms with Gasteiger partial charge in [-0.05, 0) is 18.2 Å². The zero-order valence-corrected chi connectivity index (χ0v) is 23.8. The van der Waals surface area contributed by atoms with E-state index >= 15 is 0 Å². The quantitative estimate of drug-likeness (QED) is 0.115. The van der Waals surface area contributed by atoms with Gasteiger partial charge in [-0.3, -0.25) is 4.79 Å². The van der Waals surface area contributed by atoms with Crippen molar-refractivity contribution in [2.24, 2.45) is 0 Å². The monoisotopic (exact) mass is 656 g/mol. The first-order valence-corrected chi connectivity index (χ1v) is 13.7. The summed E-state index contributed by atoms with van der Waals surface area (Å²) in [5.41, 5.74) is -1.57. The summed E-state index contributed by atoms with van der Waals surface area (Å²) in [5.74, 6) is -4.62. The van der Waals surface area contributed by atoms with E-state index in [1.54, 1.807) is 0 Å². The van der Waals surface area contributed by atoms with Crippen molar-refractivity contribution >= 4 is 11.0 Å². The molecule has 1 aromatic heterocycles. The Morgan fingerprint density at radius 1 is 0.717 bits per heavy atom. The van der Waals surface area contributed by atoms with Crippen molar-refractivity contribution < 1.29 is 84.3 Å². The molecule has 2 aliphatic rings. The second kappa shape index (κ2) is 13.0.